The van der Waals surface area contributed by atoms with Crippen molar-refractivity contribution in [3.63, 3.8) is 0 Å². The fourth-order valence-electron chi connectivity index (χ4n) is 5.16. The quantitative estimate of drug-likeness (QED) is 0.270. The summed E-state index contributed by atoms with van der Waals surface area (Å²) in [6.45, 7) is 13.3. The second kappa shape index (κ2) is 11.1. The maximum Gasteiger partial charge on any atom is 0.248 e. The average molecular weight is 570 g/mol. The van der Waals surface area contributed by atoms with Crippen LogP contribution in [0.4, 0.5) is 5.69 Å². The number of nitrogens with zero attached hydrogens (tertiary/aromatic N) is 2. The molecule has 3 aromatic rings. The fraction of sp³-hybridized carbons (Fsp3) is 0.400. The molecule has 4 atom stereocenters. The number of aryl methyl sites for hydroxylation is 2. The summed E-state index contributed by atoms with van der Waals surface area (Å²) in [5, 5.41) is 12.6. The van der Waals surface area contributed by atoms with E-state index in [4.69, 9.17) is 21.1 Å². The van der Waals surface area contributed by atoms with Gasteiger partial charge < -0.3 is 9.73 Å². The highest BCUT2D eigenvalue weighted by molar-refractivity contribution is 7.29. The van der Waals surface area contributed by atoms with E-state index in [-0.39, 0.29) is 16.5 Å². The predicted octanol–water partition coefficient (Wildman–Crippen LogP) is 6.26. The van der Waals surface area contributed by atoms with Crippen molar-refractivity contribution in [2.75, 3.05) is 11.6 Å². The number of benzene rings is 2. The van der Waals surface area contributed by atoms with Gasteiger partial charge in [0.25, 0.3) is 0 Å². The molecule has 4 rings (SSSR count). The third-order valence-corrected chi connectivity index (χ3v) is 8.17. The monoisotopic (exact) mass is 569 g/mol. The minimum Gasteiger partial charge on any atom is -0.449 e. The second-order valence-corrected chi connectivity index (χ2v) is 13.2. The van der Waals surface area contributed by atoms with Gasteiger partial charge in [-0.2, -0.15) is 5.10 Å². The van der Waals surface area contributed by atoms with Crippen molar-refractivity contribution in [3.05, 3.63) is 76.2 Å². The molecule has 2 heterocycles. The number of hydrogen-bond acceptors (Lipinski definition) is 4. The van der Waals surface area contributed by atoms with Crippen molar-refractivity contribution < 1.29 is 9.21 Å². The first-order valence-corrected chi connectivity index (χ1v) is 14.5. The lowest BCUT2D eigenvalue weighted by atomic mass is 9.77. The summed E-state index contributed by atoms with van der Waals surface area (Å²) < 4.78 is 6.00. The van der Waals surface area contributed by atoms with E-state index in [1.54, 1.807) is 6.07 Å². The molecule has 0 spiro atoms. The lowest BCUT2D eigenvalue weighted by Crippen LogP contribution is -2.57. The normalized spacial score (nSPS) is 19.6. The van der Waals surface area contributed by atoms with Crippen LogP contribution in [0.3, 0.4) is 0 Å². The van der Waals surface area contributed by atoms with Crippen molar-refractivity contribution >= 4 is 58.0 Å². The first-order valence-electron chi connectivity index (χ1n) is 13.0. The Balaban J connectivity index is 1.86. The van der Waals surface area contributed by atoms with Crippen LogP contribution < -0.4 is 20.9 Å². The third-order valence-electron chi connectivity index (χ3n) is 7.15. The number of hydrazone groups is 1. The van der Waals surface area contributed by atoms with Gasteiger partial charge >= 0.3 is 0 Å². The molecule has 0 saturated carbocycles. The molecule has 0 radical (unpaired) electrons. The molecule has 8 heteroatoms. The first kappa shape index (κ1) is 28.8. The van der Waals surface area contributed by atoms with E-state index in [0.717, 1.165) is 46.0 Å². The molecule has 1 amide bonds. The molecule has 1 aliphatic rings. The van der Waals surface area contributed by atoms with Crippen molar-refractivity contribution in [3.8, 4) is 0 Å². The van der Waals surface area contributed by atoms with E-state index >= 15 is 0 Å². The molecule has 2 aromatic carbocycles. The van der Waals surface area contributed by atoms with Gasteiger partial charge in [0.1, 0.15) is 5.76 Å². The van der Waals surface area contributed by atoms with Crippen LogP contribution in [0.15, 0.2) is 58.0 Å². The van der Waals surface area contributed by atoms with Crippen LogP contribution in [0.25, 0.3) is 0 Å². The van der Waals surface area contributed by atoms with Gasteiger partial charge in [0.05, 0.1) is 17.3 Å². The van der Waals surface area contributed by atoms with Crippen LogP contribution in [0, 0.1) is 19.3 Å². The Bertz CT molecular complexity index is 1380. The van der Waals surface area contributed by atoms with Crippen LogP contribution in [0.1, 0.15) is 68.9 Å². The number of anilines is 1. The molecule has 0 bridgehead atoms. The maximum absolute atomic E-state index is 14.2. The van der Waals surface area contributed by atoms with Crippen LogP contribution in [0.2, 0.25) is 5.22 Å². The van der Waals surface area contributed by atoms with E-state index in [2.05, 4.69) is 82.7 Å². The molecule has 4 unspecified atom stereocenters. The average Bonchev–Trinajstić information content (AvgIpc) is 3.37. The minimum atomic E-state index is -1.11. The zero-order chi connectivity index (χ0) is 27.8. The number of nitrogens with one attached hydrogen (secondary N) is 1. The Labute approximate surface area is 236 Å². The highest BCUT2D eigenvalue weighted by Gasteiger charge is 2.56. The predicted molar refractivity (Wildman–Crippen MR) is 167 cm³/mol. The summed E-state index contributed by atoms with van der Waals surface area (Å²) in [4.78, 5) is 14.2. The Hall–Kier alpha value is -2.19. The number of rotatable bonds is 7. The van der Waals surface area contributed by atoms with Gasteiger partial charge in [-0.15, -0.1) is 18.5 Å². The molecule has 202 valence electrons. The molecule has 1 aromatic heterocycles. The van der Waals surface area contributed by atoms with Gasteiger partial charge in [0.15, 0.2) is 10.8 Å². The molecule has 0 saturated heterocycles. The Morgan fingerprint density at radius 2 is 1.87 bits per heavy atom. The largest absolute Gasteiger partial charge is 0.449 e. The Morgan fingerprint density at radius 3 is 2.47 bits per heavy atom. The molecule has 0 fully saturated rings. The number of carbonyl (C=O) groups excluding carboxylic acids is 1. The number of hydrogen-bond donors (Lipinski definition) is 1. The van der Waals surface area contributed by atoms with Gasteiger partial charge in [-0.05, 0) is 91.1 Å². The van der Waals surface area contributed by atoms with Crippen LogP contribution in [-0.4, -0.2) is 23.7 Å². The second-order valence-electron chi connectivity index (χ2n) is 11.6. The van der Waals surface area contributed by atoms with Crippen molar-refractivity contribution in [1.29, 1.82) is 0 Å². The number of amides is 1. The highest BCUT2D eigenvalue weighted by atomic mass is 35.5. The fourth-order valence-corrected chi connectivity index (χ4v) is 6.19. The summed E-state index contributed by atoms with van der Waals surface area (Å²) in [6, 6.07) is 16.0. The molecule has 0 aliphatic carbocycles. The minimum absolute atomic E-state index is 0.105. The zero-order valence-electron chi connectivity index (χ0n) is 23.1. The topological polar surface area (TPSA) is 57.8 Å². The Morgan fingerprint density at radius 1 is 1.13 bits per heavy atom. The highest BCUT2D eigenvalue weighted by Crippen LogP contribution is 2.46. The van der Waals surface area contributed by atoms with E-state index in [9.17, 15) is 4.79 Å². The maximum atomic E-state index is 14.2. The van der Waals surface area contributed by atoms with Crippen molar-refractivity contribution in [1.82, 2.24) is 5.32 Å². The van der Waals surface area contributed by atoms with E-state index < -0.39 is 11.5 Å². The molecule has 1 aliphatic heterocycles. The first-order chi connectivity index (χ1) is 17.8. The van der Waals surface area contributed by atoms with E-state index in [1.165, 1.54) is 5.56 Å². The van der Waals surface area contributed by atoms with E-state index in [0.29, 0.717) is 12.3 Å². The van der Waals surface area contributed by atoms with Gasteiger partial charge in [-0.25, -0.2) is 5.01 Å². The van der Waals surface area contributed by atoms with Crippen LogP contribution in [-0.2, 0) is 4.79 Å². The zero-order valence-corrected chi connectivity index (χ0v) is 26.1. The molecular formula is C30H38ClN3O2P2. The van der Waals surface area contributed by atoms with Gasteiger partial charge in [0, 0.05) is 12.1 Å². The van der Waals surface area contributed by atoms with Gasteiger partial charge in [-0.3, -0.25) is 4.79 Å². The molecule has 38 heavy (non-hydrogen) atoms. The molecular weight excluding hydrogens is 532 g/mol. The summed E-state index contributed by atoms with van der Waals surface area (Å²) in [5.74, 6) is 0.0161. The van der Waals surface area contributed by atoms with Crippen molar-refractivity contribution in [2.45, 2.75) is 65.8 Å². The summed E-state index contributed by atoms with van der Waals surface area (Å²) in [6.07, 6.45) is 1.91. The smallest absolute Gasteiger partial charge is 0.248 e. The molecule has 1 N–H and O–H groups in total. The lowest BCUT2D eigenvalue weighted by molar-refractivity contribution is -0.126. The van der Waals surface area contributed by atoms with Crippen LogP contribution >= 0.6 is 30.1 Å². The van der Waals surface area contributed by atoms with Crippen molar-refractivity contribution in [2.24, 2.45) is 10.5 Å². The number of furan rings is 1. The van der Waals surface area contributed by atoms with E-state index in [1.807, 2.05) is 30.1 Å². The lowest BCUT2D eigenvalue weighted by Gasteiger charge is -2.37. The van der Waals surface area contributed by atoms with Gasteiger partial charge in [-0.1, -0.05) is 50.6 Å². The third kappa shape index (κ3) is 5.86. The Kier molecular flexibility index (Phi) is 8.43. The standard InChI is InChI=1S/C30H38ClN3O2P2/c1-18-8-10-21(19(2)16-18)27-26(23-12-13-25(31)36-23)30(6,28(35)32-15-7-14-29(3,4)5)34(33-27)22-11-9-20(37)17-24(22)38/h8-13,16-17,26H,7,14-15,37-38H2,1-6H3,(H,32,35). The molecule has 5 nitrogen and oxygen atoms in total. The number of halogens is 1. The summed E-state index contributed by atoms with van der Waals surface area (Å²) in [7, 11) is 5.52. The van der Waals surface area contributed by atoms with Crippen LogP contribution in [0.5, 0.6) is 0 Å². The summed E-state index contributed by atoms with van der Waals surface area (Å²) in [5.41, 5.74) is 3.96. The van der Waals surface area contributed by atoms with Gasteiger partial charge in [0.2, 0.25) is 5.91 Å². The SMILES string of the molecule is Cc1ccc(C2=NN(c3ccc(P)cc3P)C(C)(C(=O)NCCCC(C)(C)C)C2c2ccc(Cl)o2)c(C)c1. The number of carbonyl (C=O) groups is 1. The summed E-state index contributed by atoms with van der Waals surface area (Å²) >= 11 is 6.27.